The van der Waals surface area contributed by atoms with Crippen LogP contribution in [0, 0.1) is 0 Å². The molecule has 2 rings (SSSR count). The molecule has 0 saturated carbocycles. The topological polar surface area (TPSA) is 59.9 Å². The summed E-state index contributed by atoms with van der Waals surface area (Å²) in [7, 11) is 0. The lowest BCUT2D eigenvalue weighted by molar-refractivity contribution is -0.253. The zero-order valence-corrected chi connectivity index (χ0v) is 17.1. The first-order valence-corrected chi connectivity index (χ1v) is 9.21. The molecule has 30 heavy (non-hydrogen) atoms. The van der Waals surface area contributed by atoms with Crippen LogP contribution in [-0.2, 0) is 4.74 Å². The van der Waals surface area contributed by atoms with Crippen molar-refractivity contribution in [2.75, 3.05) is 5.32 Å². The minimum Gasteiger partial charge on any atom is -0.474 e. The second-order valence-corrected chi connectivity index (χ2v) is 6.91. The molecule has 1 N–H and O–H groups in total. The lowest BCUT2D eigenvalue weighted by Gasteiger charge is -2.17. The number of aliphatic imine (C=N–C) groups is 1. The first-order valence-electron chi connectivity index (χ1n) is 8.45. The molecule has 162 valence electrons. The van der Waals surface area contributed by atoms with Crippen molar-refractivity contribution < 1.29 is 31.8 Å². The van der Waals surface area contributed by atoms with Crippen molar-refractivity contribution in [2.24, 2.45) is 4.99 Å². The molecule has 0 spiro atoms. The van der Waals surface area contributed by atoms with Gasteiger partial charge in [-0.3, -0.25) is 0 Å². The van der Waals surface area contributed by atoms with Gasteiger partial charge in [-0.1, -0.05) is 29.3 Å². The van der Waals surface area contributed by atoms with Crippen molar-refractivity contribution >= 4 is 40.8 Å². The van der Waals surface area contributed by atoms with E-state index in [1.807, 2.05) is 0 Å². The van der Waals surface area contributed by atoms with Gasteiger partial charge >= 0.3 is 18.6 Å². The number of halogens is 6. The van der Waals surface area contributed by atoms with Crippen LogP contribution < -0.4 is 10.1 Å². The fourth-order valence-corrected chi connectivity index (χ4v) is 2.68. The molecule has 5 nitrogen and oxygen atoms in total. The standard InChI is InChI=1S/C19H16Cl2F4N2O3/c1-10(2)29-16(15-13(20)4-3-5-14(15)21)27-18(28)26-11-6-8-12(9-7-11)30-19(24,25)17(22)23/h3-10,17H,1-2H3,(H,26,28). The van der Waals surface area contributed by atoms with Crippen LogP contribution in [0.15, 0.2) is 47.5 Å². The maximum absolute atomic E-state index is 12.9. The van der Waals surface area contributed by atoms with E-state index in [0.29, 0.717) is 0 Å². The Morgan fingerprint density at radius 1 is 1.07 bits per heavy atom. The third-order valence-electron chi connectivity index (χ3n) is 3.34. The number of nitrogens with one attached hydrogen (secondary N) is 1. The summed E-state index contributed by atoms with van der Waals surface area (Å²) in [6, 6.07) is 8.18. The number of urea groups is 1. The first kappa shape index (κ1) is 23.8. The predicted octanol–water partition coefficient (Wildman–Crippen LogP) is 6.63. The Labute approximate surface area is 179 Å². The number of hydrogen-bond donors (Lipinski definition) is 1. The van der Waals surface area contributed by atoms with E-state index in [4.69, 9.17) is 27.9 Å². The summed E-state index contributed by atoms with van der Waals surface area (Å²) in [5, 5.41) is 2.82. The van der Waals surface area contributed by atoms with E-state index >= 15 is 0 Å². The van der Waals surface area contributed by atoms with Gasteiger partial charge in [-0.2, -0.15) is 22.6 Å². The monoisotopic (exact) mass is 466 g/mol. The van der Waals surface area contributed by atoms with Gasteiger partial charge in [0, 0.05) is 5.69 Å². The van der Waals surface area contributed by atoms with Crippen molar-refractivity contribution in [2.45, 2.75) is 32.5 Å². The average Bonchev–Trinajstić information content (AvgIpc) is 2.62. The molecule has 11 heteroatoms. The van der Waals surface area contributed by atoms with Gasteiger partial charge in [-0.15, -0.1) is 0 Å². The fraction of sp³-hybridized carbons (Fsp3) is 0.263. The molecular formula is C19H16Cl2F4N2O3. The SMILES string of the molecule is CC(C)OC(=NC(=O)Nc1ccc(OC(F)(F)C(F)F)cc1)c1c(Cl)cccc1Cl. The number of ether oxygens (including phenoxy) is 2. The normalized spacial score (nSPS) is 12.3. The van der Waals surface area contributed by atoms with Gasteiger partial charge in [0.2, 0.25) is 5.90 Å². The molecule has 0 aromatic heterocycles. The molecule has 0 unspecified atom stereocenters. The third kappa shape index (κ3) is 6.50. The Morgan fingerprint density at radius 2 is 1.63 bits per heavy atom. The summed E-state index contributed by atoms with van der Waals surface area (Å²) < 4.78 is 59.7. The van der Waals surface area contributed by atoms with Gasteiger partial charge in [0.1, 0.15) is 5.75 Å². The summed E-state index contributed by atoms with van der Waals surface area (Å²) in [5.41, 5.74) is 0.369. The van der Waals surface area contributed by atoms with Gasteiger partial charge in [0.05, 0.1) is 21.7 Å². The maximum atomic E-state index is 12.9. The molecule has 2 aromatic rings. The lowest BCUT2D eigenvalue weighted by Crippen LogP contribution is -2.33. The largest absolute Gasteiger partial charge is 0.474 e. The van der Waals surface area contributed by atoms with Crippen molar-refractivity contribution in [3.8, 4) is 5.75 Å². The average molecular weight is 467 g/mol. The van der Waals surface area contributed by atoms with Crippen molar-refractivity contribution in [3.63, 3.8) is 0 Å². The molecule has 0 bridgehead atoms. The predicted molar refractivity (Wildman–Crippen MR) is 106 cm³/mol. The van der Waals surface area contributed by atoms with E-state index in [1.165, 1.54) is 12.1 Å². The number of anilines is 1. The van der Waals surface area contributed by atoms with Gasteiger partial charge in [-0.05, 0) is 50.2 Å². The summed E-state index contributed by atoms with van der Waals surface area (Å²) in [4.78, 5) is 16.1. The Kier molecular flexibility index (Phi) is 7.91. The van der Waals surface area contributed by atoms with E-state index in [1.54, 1.807) is 32.0 Å². The smallest absolute Gasteiger partial charge is 0.461 e. The van der Waals surface area contributed by atoms with Crippen LogP contribution in [0.25, 0.3) is 0 Å². The maximum Gasteiger partial charge on any atom is 0.461 e. The number of benzene rings is 2. The van der Waals surface area contributed by atoms with Gasteiger partial charge in [0.25, 0.3) is 0 Å². The summed E-state index contributed by atoms with van der Waals surface area (Å²) >= 11 is 12.3. The van der Waals surface area contributed by atoms with Gasteiger partial charge in [-0.25, -0.2) is 4.79 Å². The minimum atomic E-state index is -4.63. The highest BCUT2D eigenvalue weighted by Gasteiger charge is 2.43. The summed E-state index contributed by atoms with van der Waals surface area (Å²) in [6.07, 6.45) is -8.97. The molecule has 0 atom stereocenters. The Hall–Kier alpha value is -2.52. The molecule has 0 saturated heterocycles. The van der Waals surface area contributed by atoms with Crippen LogP contribution in [0.5, 0.6) is 5.75 Å². The van der Waals surface area contributed by atoms with Crippen molar-refractivity contribution in [1.29, 1.82) is 0 Å². The number of carbonyl (C=O) groups excluding carboxylic acids is 1. The number of alkyl halides is 4. The zero-order chi connectivity index (χ0) is 22.5. The molecule has 0 aliphatic rings. The van der Waals surface area contributed by atoms with Crippen LogP contribution in [0.4, 0.5) is 28.0 Å². The molecular weight excluding hydrogens is 451 g/mol. The van der Waals surface area contributed by atoms with E-state index < -0.39 is 24.3 Å². The highest BCUT2D eigenvalue weighted by Crippen LogP contribution is 2.29. The van der Waals surface area contributed by atoms with E-state index in [0.717, 1.165) is 12.1 Å². The fourth-order valence-electron chi connectivity index (χ4n) is 2.12. The van der Waals surface area contributed by atoms with Crippen LogP contribution in [0.3, 0.4) is 0 Å². The number of rotatable bonds is 6. The molecule has 0 fully saturated rings. The van der Waals surface area contributed by atoms with E-state index in [9.17, 15) is 22.4 Å². The molecule has 0 aliphatic carbocycles. The molecule has 2 aromatic carbocycles. The number of amides is 2. The number of carbonyl (C=O) groups is 1. The summed E-state index contributed by atoms with van der Waals surface area (Å²) in [6.45, 7) is 3.43. The Balaban J connectivity index is 2.19. The summed E-state index contributed by atoms with van der Waals surface area (Å²) in [5.74, 6) is -0.622. The molecule has 0 aliphatic heterocycles. The highest BCUT2D eigenvalue weighted by atomic mass is 35.5. The number of hydrogen-bond acceptors (Lipinski definition) is 3. The second kappa shape index (κ2) is 9.99. The quantitative estimate of drug-likeness (QED) is 0.295. The number of nitrogens with zero attached hydrogens (tertiary/aromatic N) is 1. The molecule has 2 amide bonds. The molecule has 0 radical (unpaired) electrons. The third-order valence-corrected chi connectivity index (χ3v) is 3.97. The highest BCUT2D eigenvalue weighted by molar-refractivity contribution is 6.40. The van der Waals surface area contributed by atoms with Gasteiger partial charge < -0.3 is 14.8 Å². The zero-order valence-electron chi connectivity index (χ0n) is 15.6. The van der Waals surface area contributed by atoms with Gasteiger partial charge in [0.15, 0.2) is 0 Å². The van der Waals surface area contributed by atoms with Crippen LogP contribution in [-0.4, -0.2) is 30.6 Å². The van der Waals surface area contributed by atoms with Crippen molar-refractivity contribution in [1.82, 2.24) is 0 Å². The van der Waals surface area contributed by atoms with Crippen molar-refractivity contribution in [3.05, 3.63) is 58.1 Å². The van der Waals surface area contributed by atoms with E-state index in [2.05, 4.69) is 15.0 Å². The second-order valence-electron chi connectivity index (χ2n) is 6.10. The lowest BCUT2D eigenvalue weighted by atomic mass is 10.2. The van der Waals surface area contributed by atoms with Crippen LogP contribution in [0.2, 0.25) is 10.0 Å². The van der Waals surface area contributed by atoms with Crippen LogP contribution >= 0.6 is 23.2 Å². The Morgan fingerprint density at radius 3 is 2.13 bits per heavy atom. The molecule has 0 heterocycles. The minimum absolute atomic E-state index is 0.116. The Bertz CT molecular complexity index is 902. The van der Waals surface area contributed by atoms with Crippen LogP contribution in [0.1, 0.15) is 19.4 Å². The van der Waals surface area contributed by atoms with E-state index in [-0.39, 0.29) is 33.3 Å². The first-order chi connectivity index (χ1) is 14.0.